The standard InChI is InChI=1S/C18H21NO/c1-4-19(17-8-6-5-7-15(17)3)13-18(20)16-11-9-14(2)10-12-16/h5-12H,4,13H2,1-3H3. The van der Waals surface area contributed by atoms with Crippen LogP contribution in [0.15, 0.2) is 48.5 Å². The smallest absolute Gasteiger partial charge is 0.182 e. The van der Waals surface area contributed by atoms with E-state index in [0.717, 1.165) is 17.8 Å². The highest BCUT2D eigenvalue weighted by atomic mass is 16.1. The fourth-order valence-electron chi connectivity index (χ4n) is 2.29. The number of Topliss-reactive ketones (excluding diaryl/α,β-unsaturated/α-hetero) is 1. The number of anilines is 1. The van der Waals surface area contributed by atoms with Crippen molar-refractivity contribution < 1.29 is 4.79 Å². The summed E-state index contributed by atoms with van der Waals surface area (Å²) in [5.41, 5.74) is 4.29. The van der Waals surface area contributed by atoms with Gasteiger partial charge in [0.05, 0.1) is 6.54 Å². The van der Waals surface area contributed by atoms with E-state index in [2.05, 4.69) is 30.9 Å². The second-order valence-electron chi connectivity index (χ2n) is 5.09. The Morgan fingerprint density at radius 1 is 1.00 bits per heavy atom. The van der Waals surface area contributed by atoms with Gasteiger partial charge in [-0.3, -0.25) is 4.79 Å². The maximum atomic E-state index is 12.4. The van der Waals surface area contributed by atoms with Crippen molar-refractivity contribution in [3.63, 3.8) is 0 Å². The van der Waals surface area contributed by atoms with Gasteiger partial charge in [0.1, 0.15) is 0 Å². The molecule has 0 heterocycles. The van der Waals surface area contributed by atoms with Crippen LogP contribution in [0.3, 0.4) is 0 Å². The van der Waals surface area contributed by atoms with Crippen molar-refractivity contribution in [3.8, 4) is 0 Å². The van der Waals surface area contributed by atoms with Crippen LogP contribution in [0.1, 0.15) is 28.4 Å². The number of carbonyl (C=O) groups is 1. The molecular formula is C18H21NO. The second kappa shape index (κ2) is 6.38. The van der Waals surface area contributed by atoms with Gasteiger partial charge in [-0.2, -0.15) is 0 Å². The van der Waals surface area contributed by atoms with Crippen LogP contribution in [0.25, 0.3) is 0 Å². The molecule has 0 unspecified atom stereocenters. The Hall–Kier alpha value is -2.09. The van der Waals surface area contributed by atoms with E-state index in [9.17, 15) is 4.79 Å². The molecule has 2 rings (SSSR count). The third-order valence-electron chi connectivity index (χ3n) is 3.55. The quantitative estimate of drug-likeness (QED) is 0.763. The molecule has 0 atom stereocenters. The lowest BCUT2D eigenvalue weighted by Crippen LogP contribution is -2.30. The summed E-state index contributed by atoms with van der Waals surface area (Å²) in [5.74, 6) is 0.162. The van der Waals surface area contributed by atoms with Crippen LogP contribution < -0.4 is 4.90 Å². The van der Waals surface area contributed by atoms with Gasteiger partial charge in [-0.05, 0) is 32.4 Å². The van der Waals surface area contributed by atoms with Crippen LogP contribution in [-0.4, -0.2) is 18.9 Å². The largest absolute Gasteiger partial charge is 0.364 e. The van der Waals surface area contributed by atoms with Crippen molar-refractivity contribution >= 4 is 11.5 Å². The topological polar surface area (TPSA) is 20.3 Å². The summed E-state index contributed by atoms with van der Waals surface area (Å²) in [4.78, 5) is 14.5. The summed E-state index contributed by atoms with van der Waals surface area (Å²) in [6.07, 6.45) is 0. The zero-order valence-electron chi connectivity index (χ0n) is 12.4. The number of aryl methyl sites for hydroxylation is 2. The molecule has 0 amide bonds. The lowest BCUT2D eigenvalue weighted by Gasteiger charge is -2.24. The van der Waals surface area contributed by atoms with Crippen molar-refractivity contribution in [2.75, 3.05) is 18.0 Å². The highest BCUT2D eigenvalue weighted by molar-refractivity contribution is 5.99. The van der Waals surface area contributed by atoms with Crippen molar-refractivity contribution in [2.45, 2.75) is 20.8 Å². The molecule has 0 N–H and O–H groups in total. The van der Waals surface area contributed by atoms with Crippen LogP contribution in [-0.2, 0) is 0 Å². The summed E-state index contributed by atoms with van der Waals surface area (Å²) < 4.78 is 0. The van der Waals surface area contributed by atoms with Crippen molar-refractivity contribution in [2.24, 2.45) is 0 Å². The minimum absolute atomic E-state index is 0.162. The van der Waals surface area contributed by atoms with Crippen LogP contribution in [0.5, 0.6) is 0 Å². The van der Waals surface area contributed by atoms with Gasteiger partial charge >= 0.3 is 0 Å². The number of hydrogen-bond donors (Lipinski definition) is 0. The predicted octanol–water partition coefficient (Wildman–Crippen LogP) is 4.01. The molecule has 0 radical (unpaired) electrons. The highest BCUT2D eigenvalue weighted by Gasteiger charge is 2.13. The molecule has 0 aliphatic heterocycles. The zero-order chi connectivity index (χ0) is 14.5. The number of likely N-dealkylation sites (N-methyl/N-ethyl adjacent to an activating group) is 1. The number of para-hydroxylation sites is 1. The molecule has 0 bridgehead atoms. The molecule has 104 valence electrons. The van der Waals surface area contributed by atoms with Crippen LogP contribution in [0.4, 0.5) is 5.69 Å². The number of carbonyl (C=O) groups excluding carboxylic acids is 1. The van der Waals surface area contributed by atoms with E-state index in [1.165, 1.54) is 11.1 Å². The van der Waals surface area contributed by atoms with Crippen molar-refractivity contribution in [1.82, 2.24) is 0 Å². The van der Waals surface area contributed by atoms with Crippen LogP contribution >= 0.6 is 0 Å². The fraction of sp³-hybridized carbons (Fsp3) is 0.278. The third-order valence-corrected chi connectivity index (χ3v) is 3.55. The lowest BCUT2D eigenvalue weighted by molar-refractivity contribution is 0.0999. The molecule has 0 saturated heterocycles. The van der Waals surface area contributed by atoms with Gasteiger partial charge in [-0.25, -0.2) is 0 Å². The second-order valence-corrected chi connectivity index (χ2v) is 5.09. The molecular weight excluding hydrogens is 246 g/mol. The molecule has 0 aliphatic rings. The van der Waals surface area contributed by atoms with Gasteiger partial charge in [0.15, 0.2) is 5.78 Å². The molecule has 0 aromatic heterocycles. The first kappa shape index (κ1) is 14.3. The Bertz CT molecular complexity index is 587. The van der Waals surface area contributed by atoms with E-state index in [-0.39, 0.29) is 5.78 Å². The van der Waals surface area contributed by atoms with Crippen molar-refractivity contribution in [1.29, 1.82) is 0 Å². The molecule has 20 heavy (non-hydrogen) atoms. The Morgan fingerprint density at radius 3 is 2.25 bits per heavy atom. The number of ketones is 1. The maximum absolute atomic E-state index is 12.4. The minimum atomic E-state index is 0.162. The zero-order valence-corrected chi connectivity index (χ0v) is 12.4. The van der Waals surface area contributed by atoms with Gasteiger partial charge in [-0.1, -0.05) is 48.0 Å². The molecule has 2 heteroatoms. The molecule has 2 aromatic rings. The van der Waals surface area contributed by atoms with E-state index in [1.54, 1.807) is 0 Å². The first-order valence-corrected chi connectivity index (χ1v) is 7.02. The summed E-state index contributed by atoms with van der Waals surface area (Å²) in [6, 6.07) is 16.0. The Labute approximate surface area is 121 Å². The summed E-state index contributed by atoms with van der Waals surface area (Å²) in [7, 11) is 0. The Balaban J connectivity index is 2.16. The van der Waals surface area contributed by atoms with Gasteiger partial charge in [0, 0.05) is 17.8 Å². The maximum Gasteiger partial charge on any atom is 0.182 e. The van der Waals surface area contributed by atoms with Crippen molar-refractivity contribution in [3.05, 3.63) is 65.2 Å². The molecule has 2 nitrogen and oxygen atoms in total. The van der Waals surface area contributed by atoms with Crippen LogP contribution in [0.2, 0.25) is 0 Å². The summed E-state index contributed by atoms with van der Waals surface area (Å²) in [5, 5.41) is 0. The molecule has 0 fully saturated rings. The average molecular weight is 267 g/mol. The van der Waals surface area contributed by atoms with Gasteiger partial charge in [0.2, 0.25) is 0 Å². The number of nitrogens with zero attached hydrogens (tertiary/aromatic N) is 1. The highest BCUT2D eigenvalue weighted by Crippen LogP contribution is 2.19. The number of rotatable bonds is 5. The van der Waals surface area contributed by atoms with E-state index in [1.807, 2.05) is 43.3 Å². The van der Waals surface area contributed by atoms with E-state index >= 15 is 0 Å². The SMILES string of the molecule is CCN(CC(=O)c1ccc(C)cc1)c1ccccc1C. The third kappa shape index (κ3) is 3.27. The molecule has 2 aromatic carbocycles. The van der Waals surface area contributed by atoms with Gasteiger partial charge < -0.3 is 4.90 Å². The number of hydrogen-bond acceptors (Lipinski definition) is 2. The first-order valence-electron chi connectivity index (χ1n) is 7.02. The number of benzene rings is 2. The first-order chi connectivity index (χ1) is 9.61. The van der Waals surface area contributed by atoms with Gasteiger partial charge in [0.25, 0.3) is 0 Å². The molecule has 0 spiro atoms. The fourth-order valence-corrected chi connectivity index (χ4v) is 2.29. The Morgan fingerprint density at radius 2 is 1.65 bits per heavy atom. The Kier molecular flexibility index (Phi) is 4.57. The van der Waals surface area contributed by atoms with E-state index in [4.69, 9.17) is 0 Å². The summed E-state index contributed by atoms with van der Waals surface area (Å²) in [6.45, 7) is 7.43. The molecule has 0 saturated carbocycles. The minimum Gasteiger partial charge on any atom is -0.364 e. The predicted molar refractivity (Wildman–Crippen MR) is 84.6 cm³/mol. The van der Waals surface area contributed by atoms with Crippen LogP contribution in [0, 0.1) is 13.8 Å². The lowest BCUT2D eigenvalue weighted by atomic mass is 10.1. The van der Waals surface area contributed by atoms with E-state index in [0.29, 0.717) is 6.54 Å². The van der Waals surface area contributed by atoms with E-state index < -0.39 is 0 Å². The normalized spacial score (nSPS) is 10.3. The monoisotopic (exact) mass is 267 g/mol. The van der Waals surface area contributed by atoms with Gasteiger partial charge in [-0.15, -0.1) is 0 Å². The molecule has 0 aliphatic carbocycles. The summed E-state index contributed by atoms with van der Waals surface area (Å²) >= 11 is 0. The average Bonchev–Trinajstić information content (AvgIpc) is 2.46.